The van der Waals surface area contributed by atoms with E-state index in [2.05, 4.69) is 5.32 Å². The number of sulfonamides is 1. The maximum atomic E-state index is 12.5. The van der Waals surface area contributed by atoms with Crippen molar-refractivity contribution in [3.8, 4) is 0 Å². The van der Waals surface area contributed by atoms with E-state index in [0.29, 0.717) is 23.0 Å². The van der Waals surface area contributed by atoms with Gasteiger partial charge < -0.3 is 5.32 Å². The Morgan fingerprint density at radius 2 is 1.84 bits per heavy atom. The number of halogens is 2. The standard InChI is InChI=1S/C12H17ClN2O2S.ClH/c1-9-10(2)15(8-7-14-9)18(16,17)12-5-3-11(13)4-6-12;/h3-6,9-10,14H,7-8H2,1-2H3;1H. The molecule has 0 amide bonds. The van der Waals surface area contributed by atoms with Gasteiger partial charge in [0, 0.05) is 30.2 Å². The number of hydrogen-bond acceptors (Lipinski definition) is 3. The first-order valence-corrected chi connectivity index (χ1v) is 7.75. The maximum Gasteiger partial charge on any atom is 0.243 e. The molecule has 1 aromatic carbocycles. The van der Waals surface area contributed by atoms with Crippen molar-refractivity contribution in [2.24, 2.45) is 0 Å². The Balaban J connectivity index is 0.00000180. The second-order valence-corrected chi connectivity index (χ2v) is 6.88. The van der Waals surface area contributed by atoms with Crippen LogP contribution >= 0.6 is 24.0 Å². The van der Waals surface area contributed by atoms with E-state index in [0.717, 1.165) is 0 Å². The smallest absolute Gasteiger partial charge is 0.243 e. The molecule has 19 heavy (non-hydrogen) atoms. The average molecular weight is 325 g/mol. The summed E-state index contributed by atoms with van der Waals surface area (Å²) in [4.78, 5) is 0.299. The molecule has 1 N–H and O–H groups in total. The minimum Gasteiger partial charge on any atom is -0.311 e. The molecule has 0 radical (unpaired) electrons. The Kier molecular flexibility index (Phi) is 5.65. The molecular formula is C12H18Cl2N2O2S. The first-order chi connectivity index (χ1) is 8.43. The molecule has 0 spiro atoms. The fourth-order valence-corrected chi connectivity index (χ4v) is 3.94. The summed E-state index contributed by atoms with van der Waals surface area (Å²) in [6.07, 6.45) is 0. The van der Waals surface area contributed by atoms with E-state index in [4.69, 9.17) is 11.6 Å². The number of rotatable bonds is 2. The average Bonchev–Trinajstić information content (AvgIpc) is 2.33. The Morgan fingerprint density at radius 1 is 1.26 bits per heavy atom. The lowest BCUT2D eigenvalue weighted by atomic mass is 10.1. The quantitative estimate of drug-likeness (QED) is 0.906. The molecule has 1 heterocycles. The highest BCUT2D eigenvalue weighted by Gasteiger charge is 2.34. The Bertz CT molecular complexity index is 519. The Labute approximate surface area is 125 Å². The number of hydrogen-bond donors (Lipinski definition) is 1. The number of piperazine rings is 1. The lowest BCUT2D eigenvalue weighted by molar-refractivity contribution is 0.233. The monoisotopic (exact) mass is 324 g/mol. The van der Waals surface area contributed by atoms with Crippen LogP contribution in [0.5, 0.6) is 0 Å². The molecule has 4 nitrogen and oxygen atoms in total. The first kappa shape index (κ1) is 16.7. The highest BCUT2D eigenvalue weighted by molar-refractivity contribution is 7.89. The molecule has 2 unspecified atom stereocenters. The van der Waals surface area contributed by atoms with Crippen LogP contribution in [0.15, 0.2) is 29.2 Å². The second-order valence-electron chi connectivity index (χ2n) is 4.55. The third kappa shape index (κ3) is 3.41. The summed E-state index contributed by atoms with van der Waals surface area (Å²) in [6, 6.07) is 6.41. The molecule has 1 aromatic rings. The van der Waals surface area contributed by atoms with Crippen LogP contribution in [-0.4, -0.2) is 37.9 Å². The zero-order chi connectivity index (χ0) is 13.3. The van der Waals surface area contributed by atoms with Crippen LogP contribution in [0.3, 0.4) is 0 Å². The van der Waals surface area contributed by atoms with E-state index in [-0.39, 0.29) is 24.5 Å². The molecule has 1 saturated heterocycles. The van der Waals surface area contributed by atoms with Crippen molar-refractivity contribution in [1.29, 1.82) is 0 Å². The second kappa shape index (κ2) is 6.41. The minimum atomic E-state index is -3.43. The van der Waals surface area contributed by atoms with Crippen molar-refractivity contribution in [2.45, 2.75) is 30.8 Å². The zero-order valence-corrected chi connectivity index (χ0v) is 13.2. The van der Waals surface area contributed by atoms with Crippen molar-refractivity contribution in [2.75, 3.05) is 13.1 Å². The Hall–Kier alpha value is -0.330. The van der Waals surface area contributed by atoms with Crippen molar-refractivity contribution in [3.05, 3.63) is 29.3 Å². The Morgan fingerprint density at radius 3 is 2.42 bits per heavy atom. The van der Waals surface area contributed by atoms with E-state index in [9.17, 15) is 8.42 Å². The molecule has 7 heteroatoms. The van der Waals surface area contributed by atoms with E-state index >= 15 is 0 Å². The van der Waals surface area contributed by atoms with Crippen LogP contribution in [-0.2, 0) is 10.0 Å². The van der Waals surface area contributed by atoms with E-state index in [1.54, 1.807) is 28.6 Å². The molecule has 0 bridgehead atoms. The van der Waals surface area contributed by atoms with Gasteiger partial charge in [0.1, 0.15) is 0 Å². The lowest BCUT2D eigenvalue weighted by Crippen LogP contribution is -2.57. The van der Waals surface area contributed by atoms with E-state index in [1.165, 1.54) is 0 Å². The highest BCUT2D eigenvalue weighted by Crippen LogP contribution is 2.22. The van der Waals surface area contributed by atoms with Gasteiger partial charge in [0.05, 0.1) is 4.90 Å². The third-order valence-corrected chi connectivity index (χ3v) is 5.65. The summed E-state index contributed by atoms with van der Waals surface area (Å²) >= 11 is 5.78. The fourth-order valence-electron chi connectivity index (χ4n) is 2.11. The predicted molar refractivity (Wildman–Crippen MR) is 79.5 cm³/mol. The summed E-state index contributed by atoms with van der Waals surface area (Å²) in [5.41, 5.74) is 0. The summed E-state index contributed by atoms with van der Waals surface area (Å²) < 4.78 is 26.6. The molecule has 2 atom stereocenters. The predicted octanol–water partition coefficient (Wildman–Crippen LogP) is 2.13. The van der Waals surface area contributed by atoms with Crippen molar-refractivity contribution >= 4 is 34.0 Å². The lowest BCUT2D eigenvalue weighted by Gasteiger charge is -2.37. The number of nitrogens with one attached hydrogen (secondary N) is 1. The molecule has 1 aliphatic rings. The van der Waals surface area contributed by atoms with Crippen LogP contribution < -0.4 is 5.32 Å². The third-order valence-electron chi connectivity index (χ3n) is 3.40. The summed E-state index contributed by atoms with van der Waals surface area (Å²) in [5.74, 6) is 0. The zero-order valence-electron chi connectivity index (χ0n) is 10.8. The molecular weight excluding hydrogens is 307 g/mol. The molecule has 1 aliphatic heterocycles. The van der Waals surface area contributed by atoms with Gasteiger partial charge in [0.15, 0.2) is 0 Å². The van der Waals surface area contributed by atoms with E-state index in [1.807, 2.05) is 13.8 Å². The van der Waals surface area contributed by atoms with Crippen LogP contribution in [0, 0.1) is 0 Å². The van der Waals surface area contributed by atoms with Crippen molar-refractivity contribution in [3.63, 3.8) is 0 Å². The fraction of sp³-hybridized carbons (Fsp3) is 0.500. The van der Waals surface area contributed by atoms with Gasteiger partial charge in [-0.05, 0) is 38.1 Å². The summed E-state index contributed by atoms with van der Waals surface area (Å²) in [5, 5.41) is 3.80. The van der Waals surface area contributed by atoms with Crippen LogP contribution in [0.2, 0.25) is 5.02 Å². The highest BCUT2D eigenvalue weighted by atomic mass is 35.5. The number of nitrogens with zero attached hydrogens (tertiary/aromatic N) is 1. The minimum absolute atomic E-state index is 0. The van der Waals surface area contributed by atoms with Gasteiger partial charge in [-0.1, -0.05) is 11.6 Å². The normalized spacial score (nSPS) is 24.8. The van der Waals surface area contributed by atoms with Crippen molar-refractivity contribution < 1.29 is 8.42 Å². The summed E-state index contributed by atoms with van der Waals surface area (Å²) in [7, 11) is -3.43. The largest absolute Gasteiger partial charge is 0.311 e. The van der Waals surface area contributed by atoms with Gasteiger partial charge >= 0.3 is 0 Å². The molecule has 2 rings (SSSR count). The van der Waals surface area contributed by atoms with Crippen LogP contribution in [0.25, 0.3) is 0 Å². The van der Waals surface area contributed by atoms with Gasteiger partial charge in [0.2, 0.25) is 10.0 Å². The maximum absolute atomic E-state index is 12.5. The SMILES string of the molecule is CC1NCCN(S(=O)(=O)c2ccc(Cl)cc2)C1C.Cl. The molecule has 108 valence electrons. The molecule has 0 aromatic heterocycles. The topological polar surface area (TPSA) is 49.4 Å². The van der Waals surface area contributed by atoms with Gasteiger partial charge in [-0.2, -0.15) is 4.31 Å². The van der Waals surface area contributed by atoms with Gasteiger partial charge in [-0.15, -0.1) is 12.4 Å². The molecule has 0 aliphatic carbocycles. The van der Waals surface area contributed by atoms with Crippen LogP contribution in [0.4, 0.5) is 0 Å². The summed E-state index contributed by atoms with van der Waals surface area (Å²) in [6.45, 7) is 5.09. The van der Waals surface area contributed by atoms with Gasteiger partial charge in [-0.25, -0.2) is 8.42 Å². The van der Waals surface area contributed by atoms with Crippen molar-refractivity contribution in [1.82, 2.24) is 9.62 Å². The number of benzene rings is 1. The van der Waals surface area contributed by atoms with Crippen LogP contribution in [0.1, 0.15) is 13.8 Å². The first-order valence-electron chi connectivity index (χ1n) is 5.94. The van der Waals surface area contributed by atoms with Gasteiger partial charge in [0.25, 0.3) is 0 Å². The van der Waals surface area contributed by atoms with E-state index < -0.39 is 10.0 Å². The molecule has 1 fully saturated rings. The van der Waals surface area contributed by atoms with Gasteiger partial charge in [-0.3, -0.25) is 0 Å². The molecule has 0 saturated carbocycles.